The van der Waals surface area contributed by atoms with E-state index in [2.05, 4.69) is 4.98 Å². The number of aromatic amines is 1. The monoisotopic (exact) mass is 211 g/mol. The van der Waals surface area contributed by atoms with E-state index in [0.717, 1.165) is 6.07 Å². The van der Waals surface area contributed by atoms with Gasteiger partial charge in [0.15, 0.2) is 11.6 Å². The Morgan fingerprint density at radius 3 is 2.87 bits per heavy atom. The van der Waals surface area contributed by atoms with Crippen molar-refractivity contribution in [2.45, 2.75) is 6.42 Å². The molecule has 0 saturated heterocycles. The molecule has 78 valence electrons. The van der Waals surface area contributed by atoms with Gasteiger partial charge in [-0.05, 0) is 17.7 Å². The van der Waals surface area contributed by atoms with Crippen LogP contribution in [0.4, 0.5) is 8.78 Å². The molecule has 0 spiro atoms. The van der Waals surface area contributed by atoms with Gasteiger partial charge in [-0.3, -0.25) is 4.79 Å². The molecule has 2 rings (SSSR count). The first kappa shape index (κ1) is 9.64. The molecule has 0 bridgehead atoms. The maximum Gasteiger partial charge on any atom is 0.307 e. The summed E-state index contributed by atoms with van der Waals surface area (Å²) in [5.74, 6) is -3.07. The number of carboxylic acids is 1. The molecule has 0 aliphatic rings. The molecule has 3 nitrogen and oxygen atoms in total. The molecular formula is C10H7F2NO2. The average Bonchev–Trinajstić information content (AvgIpc) is 2.61. The largest absolute Gasteiger partial charge is 0.481 e. The molecule has 1 heterocycles. The number of fused-ring (bicyclic) bond motifs is 1. The van der Waals surface area contributed by atoms with E-state index in [-0.39, 0.29) is 17.4 Å². The number of carbonyl (C=O) groups is 1. The van der Waals surface area contributed by atoms with E-state index < -0.39 is 17.6 Å². The molecule has 15 heavy (non-hydrogen) atoms. The van der Waals surface area contributed by atoms with Crippen LogP contribution in [-0.2, 0) is 11.2 Å². The normalized spacial score (nSPS) is 10.8. The van der Waals surface area contributed by atoms with E-state index in [0.29, 0.717) is 5.52 Å². The minimum absolute atomic E-state index is 0.0752. The van der Waals surface area contributed by atoms with E-state index in [1.807, 2.05) is 0 Å². The van der Waals surface area contributed by atoms with Crippen molar-refractivity contribution in [2.75, 3.05) is 0 Å². The van der Waals surface area contributed by atoms with Gasteiger partial charge in [-0.25, -0.2) is 8.78 Å². The van der Waals surface area contributed by atoms with Crippen LogP contribution in [0.1, 0.15) is 5.56 Å². The van der Waals surface area contributed by atoms with Crippen molar-refractivity contribution < 1.29 is 18.7 Å². The highest BCUT2D eigenvalue weighted by Crippen LogP contribution is 2.23. The third-order valence-electron chi connectivity index (χ3n) is 2.16. The van der Waals surface area contributed by atoms with Gasteiger partial charge in [0.1, 0.15) is 0 Å². The molecule has 5 heteroatoms. The van der Waals surface area contributed by atoms with Crippen molar-refractivity contribution in [2.24, 2.45) is 0 Å². The third kappa shape index (κ3) is 1.56. The van der Waals surface area contributed by atoms with E-state index >= 15 is 0 Å². The summed E-state index contributed by atoms with van der Waals surface area (Å²) in [4.78, 5) is 13.2. The van der Waals surface area contributed by atoms with Crippen LogP contribution in [-0.4, -0.2) is 16.1 Å². The zero-order valence-electron chi connectivity index (χ0n) is 7.55. The summed E-state index contributed by atoms with van der Waals surface area (Å²) in [6.07, 6.45) is 1.10. The topological polar surface area (TPSA) is 53.1 Å². The minimum Gasteiger partial charge on any atom is -0.481 e. The lowest BCUT2D eigenvalue weighted by Gasteiger charge is -2.02. The first-order valence-corrected chi connectivity index (χ1v) is 4.25. The van der Waals surface area contributed by atoms with Gasteiger partial charge in [0, 0.05) is 11.6 Å². The molecule has 1 aromatic carbocycles. The molecule has 0 atom stereocenters. The fourth-order valence-corrected chi connectivity index (χ4v) is 1.54. The van der Waals surface area contributed by atoms with E-state index in [1.54, 1.807) is 0 Å². The lowest BCUT2D eigenvalue weighted by molar-refractivity contribution is -0.136. The molecule has 0 amide bonds. The quantitative estimate of drug-likeness (QED) is 0.798. The van der Waals surface area contributed by atoms with Gasteiger partial charge >= 0.3 is 5.97 Å². The maximum atomic E-state index is 13.2. The van der Waals surface area contributed by atoms with Gasteiger partial charge in [0.05, 0.1) is 11.9 Å². The Bertz CT molecular complexity index is 533. The van der Waals surface area contributed by atoms with Gasteiger partial charge in [-0.15, -0.1) is 0 Å². The first-order chi connectivity index (χ1) is 7.09. The SMILES string of the molecule is O=C(O)Cc1cc(F)c(F)c2cc[nH]c12. The highest BCUT2D eigenvalue weighted by atomic mass is 19.2. The van der Waals surface area contributed by atoms with Crippen molar-refractivity contribution in [1.82, 2.24) is 4.98 Å². The van der Waals surface area contributed by atoms with Crippen LogP contribution in [0.3, 0.4) is 0 Å². The molecular weight excluding hydrogens is 204 g/mol. The van der Waals surface area contributed by atoms with Gasteiger partial charge in [-0.1, -0.05) is 0 Å². The summed E-state index contributed by atoms with van der Waals surface area (Å²) in [6.45, 7) is 0. The van der Waals surface area contributed by atoms with Gasteiger partial charge < -0.3 is 10.1 Å². The maximum absolute atomic E-state index is 13.2. The zero-order valence-corrected chi connectivity index (χ0v) is 7.55. The molecule has 2 N–H and O–H groups in total. The lowest BCUT2D eigenvalue weighted by atomic mass is 10.1. The minimum atomic E-state index is -1.09. The molecule has 0 fully saturated rings. The highest BCUT2D eigenvalue weighted by Gasteiger charge is 2.14. The molecule has 1 aromatic heterocycles. The van der Waals surface area contributed by atoms with Crippen LogP contribution in [0.25, 0.3) is 10.9 Å². The van der Waals surface area contributed by atoms with Gasteiger partial charge in [0.2, 0.25) is 0 Å². The van der Waals surface area contributed by atoms with Crippen LogP contribution in [0, 0.1) is 11.6 Å². The second-order valence-electron chi connectivity index (χ2n) is 3.17. The summed E-state index contributed by atoms with van der Waals surface area (Å²) in [5, 5.41) is 8.67. The van der Waals surface area contributed by atoms with Crippen molar-refractivity contribution >= 4 is 16.9 Å². The summed E-state index contributed by atoms with van der Waals surface area (Å²) >= 11 is 0. The number of hydrogen-bond donors (Lipinski definition) is 2. The van der Waals surface area contributed by atoms with Crippen LogP contribution >= 0.6 is 0 Å². The Morgan fingerprint density at radius 1 is 1.47 bits per heavy atom. The number of nitrogens with one attached hydrogen (secondary N) is 1. The van der Waals surface area contributed by atoms with Crippen molar-refractivity contribution in [1.29, 1.82) is 0 Å². The third-order valence-corrected chi connectivity index (χ3v) is 2.16. The van der Waals surface area contributed by atoms with E-state index in [9.17, 15) is 13.6 Å². The second kappa shape index (κ2) is 3.34. The van der Waals surface area contributed by atoms with Gasteiger partial charge in [0.25, 0.3) is 0 Å². The summed E-state index contributed by atoms with van der Waals surface area (Å²) in [5.41, 5.74) is 0.567. The lowest BCUT2D eigenvalue weighted by Crippen LogP contribution is -2.02. The summed E-state index contributed by atoms with van der Waals surface area (Å²) in [6, 6.07) is 2.28. The molecule has 0 aliphatic heterocycles. The number of benzene rings is 1. The zero-order chi connectivity index (χ0) is 11.0. The number of H-pyrrole nitrogens is 1. The Balaban J connectivity index is 2.68. The van der Waals surface area contributed by atoms with Crippen molar-refractivity contribution in [3.8, 4) is 0 Å². The predicted octanol–water partition coefficient (Wildman–Crippen LogP) is 2.07. The van der Waals surface area contributed by atoms with Crippen LogP contribution in [0.2, 0.25) is 0 Å². The fraction of sp³-hybridized carbons (Fsp3) is 0.100. The highest BCUT2D eigenvalue weighted by molar-refractivity contribution is 5.86. The first-order valence-electron chi connectivity index (χ1n) is 4.25. The molecule has 0 saturated carbocycles. The Labute approximate surface area is 83.3 Å². The number of rotatable bonds is 2. The standard InChI is InChI=1S/C10H7F2NO2/c11-7-3-5(4-8(14)15)10-6(9(7)12)1-2-13-10/h1-3,13H,4H2,(H,14,15). The van der Waals surface area contributed by atoms with Crippen LogP contribution in [0.5, 0.6) is 0 Å². The number of aliphatic carboxylic acids is 1. The van der Waals surface area contributed by atoms with Crippen LogP contribution < -0.4 is 0 Å². The van der Waals surface area contributed by atoms with Crippen molar-refractivity contribution in [3.05, 3.63) is 35.5 Å². The number of aromatic nitrogens is 1. The molecule has 0 aliphatic carbocycles. The molecule has 0 radical (unpaired) electrons. The van der Waals surface area contributed by atoms with E-state index in [4.69, 9.17) is 5.11 Å². The van der Waals surface area contributed by atoms with Gasteiger partial charge in [-0.2, -0.15) is 0 Å². The Kier molecular flexibility index (Phi) is 2.15. The Hall–Kier alpha value is -1.91. The average molecular weight is 211 g/mol. The van der Waals surface area contributed by atoms with Crippen LogP contribution in [0.15, 0.2) is 18.3 Å². The van der Waals surface area contributed by atoms with E-state index in [1.165, 1.54) is 12.3 Å². The molecule has 2 aromatic rings. The van der Waals surface area contributed by atoms with Crippen molar-refractivity contribution in [3.63, 3.8) is 0 Å². The number of hydrogen-bond acceptors (Lipinski definition) is 1. The molecule has 0 unspecified atom stereocenters. The smallest absolute Gasteiger partial charge is 0.307 e. The summed E-state index contributed by atoms with van der Waals surface area (Å²) in [7, 11) is 0. The fourth-order valence-electron chi connectivity index (χ4n) is 1.54. The second-order valence-corrected chi connectivity index (χ2v) is 3.17. The Morgan fingerprint density at radius 2 is 2.20 bits per heavy atom. The number of halogens is 2. The predicted molar refractivity (Wildman–Crippen MR) is 49.6 cm³/mol. The summed E-state index contributed by atoms with van der Waals surface area (Å²) < 4.78 is 26.3. The number of carboxylic acid groups (broad SMARTS) is 1.